The van der Waals surface area contributed by atoms with E-state index in [0.29, 0.717) is 12.1 Å². The van der Waals surface area contributed by atoms with Crippen molar-refractivity contribution in [3.05, 3.63) is 64.1 Å². The van der Waals surface area contributed by atoms with Gasteiger partial charge in [-0.3, -0.25) is 4.79 Å². The first-order valence-corrected chi connectivity index (χ1v) is 7.90. The molecular weight excluding hydrogens is 342 g/mol. The van der Waals surface area contributed by atoms with E-state index in [1.807, 2.05) is 42.5 Å². The molecule has 0 aliphatic carbocycles. The number of amides is 1. The SMILES string of the molecule is COc1ccc(C(C)(C)CNC(=O)c2cccc(Br)c2)cc1. The van der Waals surface area contributed by atoms with Crippen LogP contribution >= 0.6 is 15.9 Å². The van der Waals surface area contributed by atoms with Crippen LogP contribution in [0, 0.1) is 0 Å². The fourth-order valence-electron chi connectivity index (χ4n) is 2.18. The molecular formula is C18H20BrNO2. The lowest BCUT2D eigenvalue weighted by atomic mass is 9.84. The van der Waals surface area contributed by atoms with E-state index in [2.05, 4.69) is 35.1 Å². The number of hydrogen-bond donors (Lipinski definition) is 1. The van der Waals surface area contributed by atoms with Gasteiger partial charge in [0.25, 0.3) is 5.91 Å². The molecule has 22 heavy (non-hydrogen) atoms. The topological polar surface area (TPSA) is 38.3 Å². The molecule has 4 heteroatoms. The summed E-state index contributed by atoms with van der Waals surface area (Å²) in [6, 6.07) is 15.3. The number of rotatable bonds is 5. The van der Waals surface area contributed by atoms with Crippen molar-refractivity contribution in [2.75, 3.05) is 13.7 Å². The van der Waals surface area contributed by atoms with Crippen molar-refractivity contribution in [2.45, 2.75) is 19.3 Å². The molecule has 0 bridgehead atoms. The Labute approximate surface area is 139 Å². The summed E-state index contributed by atoms with van der Waals surface area (Å²) >= 11 is 3.38. The molecule has 0 aliphatic heterocycles. The third-order valence-corrected chi connectivity index (χ3v) is 4.14. The maximum atomic E-state index is 12.2. The number of halogens is 1. The third-order valence-electron chi connectivity index (χ3n) is 3.65. The molecule has 1 N–H and O–H groups in total. The first-order chi connectivity index (χ1) is 10.4. The van der Waals surface area contributed by atoms with Gasteiger partial charge in [-0.2, -0.15) is 0 Å². The standard InChI is InChI=1S/C18H20BrNO2/c1-18(2,14-7-9-16(22-3)10-8-14)12-20-17(21)13-5-4-6-15(19)11-13/h4-11H,12H2,1-3H3,(H,20,21). The average Bonchev–Trinajstić information content (AvgIpc) is 2.52. The zero-order valence-corrected chi connectivity index (χ0v) is 14.6. The van der Waals surface area contributed by atoms with E-state index in [-0.39, 0.29) is 11.3 Å². The summed E-state index contributed by atoms with van der Waals surface area (Å²) in [5, 5.41) is 3.00. The van der Waals surface area contributed by atoms with Crippen LogP contribution < -0.4 is 10.1 Å². The fraction of sp³-hybridized carbons (Fsp3) is 0.278. The molecule has 0 aromatic heterocycles. The van der Waals surface area contributed by atoms with Crippen LogP contribution in [0.5, 0.6) is 5.75 Å². The van der Waals surface area contributed by atoms with Gasteiger partial charge in [-0.25, -0.2) is 0 Å². The predicted octanol–water partition coefficient (Wildman–Crippen LogP) is 4.17. The Bertz CT molecular complexity index is 650. The van der Waals surface area contributed by atoms with Crippen LogP contribution in [-0.2, 0) is 5.41 Å². The number of methoxy groups -OCH3 is 1. The molecule has 116 valence electrons. The van der Waals surface area contributed by atoms with Gasteiger partial charge >= 0.3 is 0 Å². The lowest BCUT2D eigenvalue weighted by molar-refractivity contribution is 0.0945. The maximum absolute atomic E-state index is 12.2. The lowest BCUT2D eigenvalue weighted by Crippen LogP contribution is -2.36. The van der Waals surface area contributed by atoms with Gasteiger partial charge in [0.1, 0.15) is 5.75 Å². The lowest BCUT2D eigenvalue weighted by Gasteiger charge is -2.26. The summed E-state index contributed by atoms with van der Waals surface area (Å²) in [5.41, 5.74) is 1.65. The monoisotopic (exact) mass is 361 g/mol. The highest BCUT2D eigenvalue weighted by atomic mass is 79.9. The van der Waals surface area contributed by atoms with Gasteiger partial charge in [-0.05, 0) is 35.9 Å². The van der Waals surface area contributed by atoms with Crippen LogP contribution in [-0.4, -0.2) is 19.6 Å². The molecule has 2 rings (SSSR count). The molecule has 0 unspecified atom stereocenters. The molecule has 1 amide bonds. The summed E-state index contributed by atoms with van der Waals surface area (Å²) in [5.74, 6) is 0.764. The smallest absolute Gasteiger partial charge is 0.251 e. The van der Waals surface area contributed by atoms with Gasteiger partial charge in [-0.15, -0.1) is 0 Å². The van der Waals surface area contributed by atoms with Crippen LogP contribution in [0.25, 0.3) is 0 Å². The Morgan fingerprint density at radius 3 is 2.45 bits per heavy atom. The molecule has 0 atom stereocenters. The predicted molar refractivity (Wildman–Crippen MR) is 92.5 cm³/mol. The Kier molecular flexibility index (Phi) is 5.24. The van der Waals surface area contributed by atoms with Gasteiger partial charge in [0.2, 0.25) is 0 Å². The molecule has 0 aliphatic rings. The van der Waals surface area contributed by atoms with E-state index in [0.717, 1.165) is 15.8 Å². The second-order valence-corrected chi connectivity index (χ2v) is 6.72. The van der Waals surface area contributed by atoms with Crippen LogP contribution in [0.15, 0.2) is 53.0 Å². The minimum Gasteiger partial charge on any atom is -0.497 e. The number of benzene rings is 2. The minimum atomic E-state index is -0.159. The molecule has 3 nitrogen and oxygen atoms in total. The highest BCUT2D eigenvalue weighted by molar-refractivity contribution is 9.10. The summed E-state index contributed by atoms with van der Waals surface area (Å²) in [4.78, 5) is 12.2. The van der Waals surface area contributed by atoms with Crippen molar-refractivity contribution >= 4 is 21.8 Å². The fourth-order valence-corrected chi connectivity index (χ4v) is 2.58. The van der Waals surface area contributed by atoms with E-state index in [1.54, 1.807) is 13.2 Å². The second kappa shape index (κ2) is 6.97. The molecule has 0 spiro atoms. The second-order valence-electron chi connectivity index (χ2n) is 5.81. The Hall–Kier alpha value is -1.81. The highest BCUT2D eigenvalue weighted by Gasteiger charge is 2.21. The van der Waals surface area contributed by atoms with Crippen molar-refractivity contribution in [2.24, 2.45) is 0 Å². The van der Waals surface area contributed by atoms with Gasteiger partial charge in [0, 0.05) is 22.0 Å². The minimum absolute atomic E-state index is 0.0668. The number of hydrogen-bond acceptors (Lipinski definition) is 2. The maximum Gasteiger partial charge on any atom is 0.251 e. The first-order valence-electron chi connectivity index (χ1n) is 7.11. The average molecular weight is 362 g/mol. The Balaban J connectivity index is 2.03. The van der Waals surface area contributed by atoms with Crippen molar-refractivity contribution < 1.29 is 9.53 Å². The molecule has 0 radical (unpaired) electrons. The molecule has 0 heterocycles. The summed E-state index contributed by atoms with van der Waals surface area (Å²) in [7, 11) is 1.65. The van der Waals surface area contributed by atoms with Crippen molar-refractivity contribution in [3.63, 3.8) is 0 Å². The Morgan fingerprint density at radius 2 is 1.86 bits per heavy atom. The zero-order chi connectivity index (χ0) is 16.2. The van der Waals surface area contributed by atoms with Crippen LogP contribution in [0.1, 0.15) is 29.8 Å². The molecule has 0 fully saturated rings. The number of carbonyl (C=O) groups is 1. The molecule has 2 aromatic carbocycles. The summed E-state index contributed by atoms with van der Waals surface area (Å²) in [6.07, 6.45) is 0. The van der Waals surface area contributed by atoms with E-state index in [9.17, 15) is 4.79 Å². The van der Waals surface area contributed by atoms with Crippen molar-refractivity contribution in [1.82, 2.24) is 5.32 Å². The highest BCUT2D eigenvalue weighted by Crippen LogP contribution is 2.24. The number of nitrogens with one attached hydrogen (secondary N) is 1. The van der Waals surface area contributed by atoms with Gasteiger partial charge < -0.3 is 10.1 Å². The summed E-state index contributed by atoms with van der Waals surface area (Å²) in [6.45, 7) is 4.77. The molecule has 0 saturated heterocycles. The van der Waals surface area contributed by atoms with Gasteiger partial charge in [-0.1, -0.05) is 48.0 Å². The number of carbonyl (C=O) groups excluding carboxylic acids is 1. The van der Waals surface area contributed by atoms with E-state index in [1.165, 1.54) is 0 Å². The normalized spacial score (nSPS) is 11.1. The first kappa shape index (κ1) is 16.6. The van der Waals surface area contributed by atoms with Gasteiger partial charge in [0.15, 0.2) is 0 Å². The van der Waals surface area contributed by atoms with Crippen molar-refractivity contribution in [3.8, 4) is 5.75 Å². The van der Waals surface area contributed by atoms with E-state index >= 15 is 0 Å². The zero-order valence-electron chi connectivity index (χ0n) is 13.0. The summed E-state index contributed by atoms with van der Waals surface area (Å²) < 4.78 is 6.07. The molecule has 0 saturated carbocycles. The largest absolute Gasteiger partial charge is 0.497 e. The molecule has 2 aromatic rings. The van der Waals surface area contributed by atoms with Crippen LogP contribution in [0.4, 0.5) is 0 Å². The van der Waals surface area contributed by atoms with Gasteiger partial charge in [0.05, 0.1) is 7.11 Å². The quantitative estimate of drug-likeness (QED) is 0.867. The van der Waals surface area contributed by atoms with Crippen LogP contribution in [0.3, 0.4) is 0 Å². The van der Waals surface area contributed by atoms with Crippen LogP contribution in [0.2, 0.25) is 0 Å². The van der Waals surface area contributed by atoms with E-state index in [4.69, 9.17) is 4.74 Å². The number of ether oxygens (including phenoxy) is 1. The van der Waals surface area contributed by atoms with Crippen molar-refractivity contribution in [1.29, 1.82) is 0 Å². The third kappa shape index (κ3) is 4.10. The Morgan fingerprint density at radius 1 is 1.18 bits per heavy atom. The van der Waals surface area contributed by atoms with E-state index < -0.39 is 0 Å².